The molecule has 1 fully saturated rings. The van der Waals surface area contributed by atoms with Crippen LogP contribution in [0.5, 0.6) is 0 Å². The van der Waals surface area contributed by atoms with E-state index in [1.54, 1.807) is 10.6 Å². The molecule has 1 aliphatic rings. The van der Waals surface area contributed by atoms with E-state index in [9.17, 15) is 4.79 Å². The van der Waals surface area contributed by atoms with Gasteiger partial charge in [0.2, 0.25) is 0 Å². The molecule has 5 nitrogen and oxygen atoms in total. The Morgan fingerprint density at radius 1 is 1.39 bits per heavy atom. The number of piperidine rings is 1. The van der Waals surface area contributed by atoms with Crippen LogP contribution < -0.4 is 0 Å². The molecule has 5 heteroatoms. The van der Waals surface area contributed by atoms with Crippen molar-refractivity contribution in [3.8, 4) is 0 Å². The lowest BCUT2D eigenvalue weighted by molar-refractivity contribution is 0.111. The van der Waals surface area contributed by atoms with Gasteiger partial charge >= 0.3 is 0 Å². The second-order valence-electron chi connectivity index (χ2n) is 4.80. The predicted octanol–water partition coefficient (Wildman–Crippen LogP) is 1.70. The van der Waals surface area contributed by atoms with E-state index >= 15 is 0 Å². The van der Waals surface area contributed by atoms with Gasteiger partial charge in [-0.25, -0.2) is 9.50 Å². The standard InChI is InChI=1S/C13H16N4O/c1-16-8-3-2-6-11(16)13-14-12-7-4-5-10(9-18)17(12)15-13/h4-5,7,9,11H,2-3,6,8H2,1H3. The molecule has 94 valence electrons. The number of likely N-dealkylation sites (tertiary alicyclic amines) is 1. The molecule has 1 aliphatic heterocycles. The first-order valence-electron chi connectivity index (χ1n) is 6.30. The Morgan fingerprint density at radius 2 is 2.28 bits per heavy atom. The Kier molecular flexibility index (Phi) is 2.83. The number of aldehydes is 1. The highest BCUT2D eigenvalue weighted by atomic mass is 16.1. The molecule has 0 saturated carbocycles. The SMILES string of the molecule is CN1CCCCC1c1nc2cccc(C=O)n2n1. The van der Waals surface area contributed by atoms with Gasteiger partial charge in [-0.1, -0.05) is 12.5 Å². The first-order chi connectivity index (χ1) is 8.79. The Balaban J connectivity index is 2.05. The quantitative estimate of drug-likeness (QED) is 0.754. The van der Waals surface area contributed by atoms with E-state index in [0.717, 1.165) is 30.7 Å². The van der Waals surface area contributed by atoms with Crippen LogP contribution in [-0.2, 0) is 0 Å². The van der Waals surface area contributed by atoms with Crippen LogP contribution in [0.15, 0.2) is 18.2 Å². The van der Waals surface area contributed by atoms with Crippen molar-refractivity contribution in [1.82, 2.24) is 19.5 Å². The van der Waals surface area contributed by atoms with Crippen molar-refractivity contribution in [2.45, 2.75) is 25.3 Å². The molecule has 18 heavy (non-hydrogen) atoms. The van der Waals surface area contributed by atoms with Crippen LogP contribution >= 0.6 is 0 Å². The van der Waals surface area contributed by atoms with Gasteiger partial charge in [0.05, 0.1) is 6.04 Å². The molecule has 0 amide bonds. The maximum absolute atomic E-state index is 11.0. The highest BCUT2D eigenvalue weighted by molar-refractivity contribution is 5.73. The first kappa shape index (κ1) is 11.3. The number of hydrogen-bond donors (Lipinski definition) is 0. The Labute approximate surface area is 105 Å². The molecule has 3 rings (SSSR count). The molecule has 2 aromatic heterocycles. The van der Waals surface area contributed by atoms with E-state index in [0.29, 0.717) is 5.69 Å². The van der Waals surface area contributed by atoms with Crippen molar-refractivity contribution in [1.29, 1.82) is 0 Å². The molecule has 2 aromatic rings. The van der Waals surface area contributed by atoms with E-state index < -0.39 is 0 Å². The molecule has 0 aliphatic carbocycles. The molecular formula is C13H16N4O. The van der Waals surface area contributed by atoms with Gasteiger partial charge in [-0.2, -0.15) is 0 Å². The molecule has 1 atom stereocenters. The van der Waals surface area contributed by atoms with Gasteiger partial charge in [-0.3, -0.25) is 9.69 Å². The summed E-state index contributed by atoms with van der Waals surface area (Å²) in [6.07, 6.45) is 4.35. The zero-order valence-electron chi connectivity index (χ0n) is 10.4. The van der Waals surface area contributed by atoms with Gasteiger partial charge in [0, 0.05) is 0 Å². The summed E-state index contributed by atoms with van der Waals surface area (Å²) in [5.74, 6) is 0.825. The smallest absolute Gasteiger partial charge is 0.168 e. The minimum Gasteiger partial charge on any atom is -0.296 e. The average molecular weight is 244 g/mol. The molecular weight excluding hydrogens is 228 g/mol. The van der Waals surface area contributed by atoms with Crippen LogP contribution in [0.1, 0.15) is 41.6 Å². The molecule has 0 radical (unpaired) electrons. The number of fused-ring (bicyclic) bond motifs is 1. The number of rotatable bonds is 2. The molecule has 1 unspecified atom stereocenters. The maximum atomic E-state index is 11.0. The molecule has 0 spiro atoms. The van der Waals surface area contributed by atoms with Crippen molar-refractivity contribution in [2.24, 2.45) is 0 Å². The molecule has 0 aromatic carbocycles. The van der Waals surface area contributed by atoms with Gasteiger partial charge in [-0.15, -0.1) is 5.10 Å². The van der Waals surface area contributed by atoms with Crippen LogP contribution in [0.3, 0.4) is 0 Å². The zero-order valence-corrected chi connectivity index (χ0v) is 10.4. The summed E-state index contributed by atoms with van der Waals surface area (Å²) in [6, 6.07) is 5.75. The second-order valence-corrected chi connectivity index (χ2v) is 4.80. The van der Waals surface area contributed by atoms with Crippen molar-refractivity contribution < 1.29 is 4.79 Å². The van der Waals surface area contributed by atoms with E-state index in [2.05, 4.69) is 22.0 Å². The highest BCUT2D eigenvalue weighted by Gasteiger charge is 2.24. The van der Waals surface area contributed by atoms with Crippen molar-refractivity contribution in [3.63, 3.8) is 0 Å². The van der Waals surface area contributed by atoms with E-state index in [4.69, 9.17) is 0 Å². The minimum atomic E-state index is 0.276. The topological polar surface area (TPSA) is 50.5 Å². The summed E-state index contributed by atoms with van der Waals surface area (Å²) in [6.45, 7) is 1.08. The number of hydrogen-bond acceptors (Lipinski definition) is 4. The van der Waals surface area contributed by atoms with Gasteiger partial charge in [0.15, 0.2) is 17.8 Å². The maximum Gasteiger partial charge on any atom is 0.168 e. The third kappa shape index (κ3) is 1.80. The van der Waals surface area contributed by atoms with E-state index in [1.807, 2.05) is 12.1 Å². The van der Waals surface area contributed by atoms with Gasteiger partial charge < -0.3 is 0 Å². The Hall–Kier alpha value is -1.75. The van der Waals surface area contributed by atoms with Crippen LogP contribution in [0.4, 0.5) is 0 Å². The number of carbonyl (C=O) groups excluding carboxylic acids is 1. The van der Waals surface area contributed by atoms with Crippen LogP contribution in [0, 0.1) is 0 Å². The summed E-state index contributed by atoms with van der Waals surface area (Å²) >= 11 is 0. The lowest BCUT2D eigenvalue weighted by Crippen LogP contribution is -2.30. The van der Waals surface area contributed by atoms with E-state index in [-0.39, 0.29) is 6.04 Å². The predicted molar refractivity (Wildman–Crippen MR) is 67.6 cm³/mol. The Morgan fingerprint density at radius 3 is 3.06 bits per heavy atom. The summed E-state index contributed by atoms with van der Waals surface area (Å²) in [7, 11) is 2.11. The lowest BCUT2D eigenvalue weighted by atomic mass is 10.0. The number of aromatic nitrogens is 3. The summed E-state index contributed by atoms with van der Waals surface area (Å²) in [5, 5.41) is 4.49. The van der Waals surface area contributed by atoms with Crippen molar-refractivity contribution in [3.05, 3.63) is 29.7 Å². The highest BCUT2D eigenvalue weighted by Crippen LogP contribution is 2.27. The largest absolute Gasteiger partial charge is 0.296 e. The summed E-state index contributed by atoms with van der Waals surface area (Å²) in [4.78, 5) is 17.8. The van der Waals surface area contributed by atoms with Gasteiger partial charge in [-0.05, 0) is 38.6 Å². The molecule has 1 saturated heterocycles. The van der Waals surface area contributed by atoms with Gasteiger partial charge in [0.25, 0.3) is 0 Å². The first-order valence-corrected chi connectivity index (χ1v) is 6.30. The normalized spacial score (nSPS) is 21.3. The lowest BCUT2D eigenvalue weighted by Gasteiger charge is -2.30. The monoisotopic (exact) mass is 244 g/mol. The molecule has 0 N–H and O–H groups in total. The fourth-order valence-electron chi connectivity index (χ4n) is 2.57. The van der Waals surface area contributed by atoms with Crippen LogP contribution in [-0.4, -0.2) is 39.4 Å². The fraction of sp³-hybridized carbons (Fsp3) is 0.462. The van der Waals surface area contributed by atoms with Crippen LogP contribution in [0.25, 0.3) is 5.65 Å². The summed E-state index contributed by atoms with van der Waals surface area (Å²) < 4.78 is 1.63. The number of pyridine rings is 1. The summed E-state index contributed by atoms with van der Waals surface area (Å²) in [5.41, 5.74) is 1.29. The zero-order chi connectivity index (χ0) is 12.5. The third-order valence-corrected chi connectivity index (χ3v) is 3.59. The minimum absolute atomic E-state index is 0.276. The number of carbonyl (C=O) groups is 1. The number of nitrogens with zero attached hydrogens (tertiary/aromatic N) is 4. The van der Waals surface area contributed by atoms with Crippen LogP contribution in [0.2, 0.25) is 0 Å². The average Bonchev–Trinajstić information content (AvgIpc) is 2.82. The molecule has 0 bridgehead atoms. The Bertz CT molecular complexity index is 577. The second kappa shape index (κ2) is 4.49. The molecule has 3 heterocycles. The fourth-order valence-corrected chi connectivity index (χ4v) is 2.57. The third-order valence-electron chi connectivity index (χ3n) is 3.59. The van der Waals surface area contributed by atoms with Crippen molar-refractivity contribution >= 4 is 11.9 Å². The van der Waals surface area contributed by atoms with E-state index in [1.165, 1.54) is 12.8 Å². The van der Waals surface area contributed by atoms with Crippen molar-refractivity contribution in [2.75, 3.05) is 13.6 Å². The van der Waals surface area contributed by atoms with Gasteiger partial charge in [0.1, 0.15) is 5.69 Å².